The van der Waals surface area contributed by atoms with Gasteiger partial charge >= 0.3 is 0 Å². The van der Waals surface area contributed by atoms with Crippen molar-refractivity contribution in [1.82, 2.24) is 14.9 Å². The summed E-state index contributed by atoms with van der Waals surface area (Å²) < 4.78 is 5.20. The molecule has 0 unspecified atom stereocenters. The minimum absolute atomic E-state index is 0.0635. The van der Waals surface area contributed by atoms with Gasteiger partial charge in [-0.15, -0.1) is 0 Å². The Balaban J connectivity index is 1.86. The van der Waals surface area contributed by atoms with E-state index >= 15 is 0 Å². The lowest BCUT2D eigenvalue weighted by Crippen LogP contribution is -2.36. The number of aromatic amines is 1. The number of para-hydroxylation sites is 1. The van der Waals surface area contributed by atoms with Gasteiger partial charge in [0.15, 0.2) is 0 Å². The van der Waals surface area contributed by atoms with Crippen molar-refractivity contribution in [2.45, 2.75) is 34.2 Å². The van der Waals surface area contributed by atoms with Gasteiger partial charge in [-0.2, -0.15) is 0 Å². The lowest BCUT2D eigenvalue weighted by Gasteiger charge is -2.23. The summed E-state index contributed by atoms with van der Waals surface area (Å²) in [4.78, 5) is 34.8. The zero-order valence-corrected chi connectivity index (χ0v) is 17.3. The lowest BCUT2D eigenvalue weighted by atomic mass is 10.1. The highest BCUT2D eigenvalue weighted by Crippen LogP contribution is 2.60. The molecule has 0 aliphatic heterocycles. The van der Waals surface area contributed by atoms with Crippen LogP contribution < -0.4 is 5.56 Å². The molecule has 6 nitrogen and oxygen atoms in total. The van der Waals surface area contributed by atoms with Gasteiger partial charge in [0.2, 0.25) is 5.91 Å². The number of hydrogen-bond donors (Lipinski definition) is 1. The topological polar surface area (TPSA) is 75.3 Å². The van der Waals surface area contributed by atoms with Crippen LogP contribution in [0.4, 0.5) is 0 Å². The first-order valence-electron chi connectivity index (χ1n) is 9.66. The molecular weight excluding hydrogens is 354 g/mol. The van der Waals surface area contributed by atoms with Crippen LogP contribution in [0.15, 0.2) is 40.7 Å². The highest BCUT2D eigenvalue weighted by Gasteiger charge is 2.61. The predicted molar refractivity (Wildman–Crippen MR) is 110 cm³/mol. The average molecular weight is 383 g/mol. The van der Waals surface area contributed by atoms with Crippen LogP contribution in [0.5, 0.6) is 0 Å². The number of hydrogen-bond acceptors (Lipinski definition) is 4. The summed E-state index contributed by atoms with van der Waals surface area (Å²) >= 11 is 0. The van der Waals surface area contributed by atoms with Gasteiger partial charge in [0.1, 0.15) is 5.82 Å². The highest BCUT2D eigenvalue weighted by atomic mass is 16.5. The Hall–Kier alpha value is -2.47. The Morgan fingerprint density at radius 1 is 1.32 bits per heavy atom. The van der Waals surface area contributed by atoms with Gasteiger partial charge in [-0.25, -0.2) is 4.98 Å². The van der Waals surface area contributed by atoms with E-state index in [9.17, 15) is 9.59 Å². The summed E-state index contributed by atoms with van der Waals surface area (Å²) in [6.07, 6.45) is 2.19. The smallest absolute Gasteiger partial charge is 0.258 e. The van der Waals surface area contributed by atoms with E-state index in [1.807, 2.05) is 18.2 Å². The number of nitrogens with one attached hydrogen (secondary N) is 1. The number of benzene rings is 1. The zero-order chi connectivity index (χ0) is 20.5. The van der Waals surface area contributed by atoms with Crippen LogP contribution in [0.3, 0.4) is 0 Å². The maximum Gasteiger partial charge on any atom is 0.258 e. The first-order chi connectivity index (χ1) is 13.3. The van der Waals surface area contributed by atoms with Crippen LogP contribution in [0.1, 0.15) is 33.5 Å². The third-order valence-corrected chi connectivity index (χ3v) is 5.57. The van der Waals surface area contributed by atoms with Gasteiger partial charge in [0.05, 0.1) is 30.0 Å². The van der Waals surface area contributed by atoms with Crippen LogP contribution in [-0.4, -0.2) is 41.0 Å². The van der Waals surface area contributed by atoms with Gasteiger partial charge < -0.3 is 14.6 Å². The molecule has 2 atom stereocenters. The SMILES string of the molecule is COCCN(Cc1nc2ccccc2c(=O)[nH]1)C(=O)[C@@H]1[C@@H](C=C(C)C)C1(C)C. The molecule has 150 valence electrons. The molecule has 1 aromatic carbocycles. The number of fused-ring (bicyclic) bond motifs is 1. The van der Waals surface area contributed by atoms with E-state index in [4.69, 9.17) is 4.74 Å². The van der Waals surface area contributed by atoms with Crippen molar-refractivity contribution in [2.24, 2.45) is 17.3 Å². The molecule has 1 fully saturated rings. The summed E-state index contributed by atoms with van der Waals surface area (Å²) in [6.45, 7) is 9.53. The van der Waals surface area contributed by atoms with E-state index in [0.29, 0.717) is 29.9 Å². The van der Waals surface area contributed by atoms with Crippen LogP contribution in [-0.2, 0) is 16.1 Å². The summed E-state index contributed by atoms with van der Waals surface area (Å²) in [5, 5.41) is 0.549. The van der Waals surface area contributed by atoms with Crippen molar-refractivity contribution in [3.63, 3.8) is 0 Å². The number of nitrogens with zero attached hydrogens (tertiary/aromatic N) is 2. The quantitative estimate of drug-likeness (QED) is 0.746. The molecule has 1 N–H and O–H groups in total. The number of allylic oxidation sites excluding steroid dienone is 2. The van der Waals surface area contributed by atoms with Crippen molar-refractivity contribution < 1.29 is 9.53 Å². The summed E-state index contributed by atoms with van der Waals surface area (Å²) in [5.41, 5.74) is 1.60. The second kappa shape index (κ2) is 7.87. The molecule has 0 spiro atoms. The fraction of sp³-hybridized carbons (Fsp3) is 0.500. The molecule has 28 heavy (non-hydrogen) atoms. The molecule has 1 aliphatic carbocycles. The molecule has 1 saturated carbocycles. The van der Waals surface area contributed by atoms with Gasteiger partial charge in [0.25, 0.3) is 5.56 Å². The molecule has 2 aromatic rings. The van der Waals surface area contributed by atoms with Crippen LogP contribution in [0.2, 0.25) is 0 Å². The monoisotopic (exact) mass is 383 g/mol. The third-order valence-electron chi connectivity index (χ3n) is 5.57. The van der Waals surface area contributed by atoms with Crippen molar-refractivity contribution in [3.8, 4) is 0 Å². The fourth-order valence-corrected chi connectivity index (χ4v) is 3.88. The van der Waals surface area contributed by atoms with E-state index in [0.717, 1.165) is 0 Å². The van der Waals surface area contributed by atoms with E-state index in [1.54, 1.807) is 18.1 Å². The normalized spacial score (nSPS) is 20.0. The molecule has 1 aliphatic rings. The molecule has 3 rings (SSSR count). The number of methoxy groups -OCH3 is 1. The van der Waals surface area contributed by atoms with Gasteiger partial charge in [0, 0.05) is 13.7 Å². The van der Waals surface area contributed by atoms with Crippen molar-refractivity contribution >= 4 is 16.8 Å². The molecule has 1 heterocycles. The number of H-pyrrole nitrogens is 1. The van der Waals surface area contributed by atoms with Crippen molar-refractivity contribution in [2.75, 3.05) is 20.3 Å². The zero-order valence-electron chi connectivity index (χ0n) is 17.3. The molecule has 1 aromatic heterocycles. The summed E-state index contributed by atoms with van der Waals surface area (Å²) in [7, 11) is 1.62. The Bertz CT molecular complexity index is 957. The standard InChI is InChI=1S/C22H29N3O3/c1-14(2)12-16-19(22(16,3)4)21(27)25(10-11-28-5)13-18-23-17-9-7-6-8-15(17)20(26)24-18/h6-9,12,16,19H,10-11,13H2,1-5H3,(H,23,24,26)/t16-,19+/m1/s1. The first kappa shape index (κ1) is 20.3. The lowest BCUT2D eigenvalue weighted by molar-refractivity contribution is -0.134. The van der Waals surface area contributed by atoms with E-state index in [-0.39, 0.29) is 35.3 Å². The summed E-state index contributed by atoms with van der Waals surface area (Å²) in [5.74, 6) is 0.746. The maximum absolute atomic E-state index is 13.3. The Kier molecular flexibility index (Phi) is 5.70. The van der Waals surface area contributed by atoms with Gasteiger partial charge in [-0.3, -0.25) is 9.59 Å². The largest absolute Gasteiger partial charge is 0.383 e. The molecule has 6 heteroatoms. The van der Waals surface area contributed by atoms with Crippen LogP contribution in [0, 0.1) is 17.3 Å². The Morgan fingerprint density at radius 3 is 2.71 bits per heavy atom. The van der Waals surface area contributed by atoms with E-state index in [2.05, 4.69) is 43.7 Å². The minimum atomic E-state index is -0.186. The number of aromatic nitrogens is 2. The van der Waals surface area contributed by atoms with E-state index in [1.165, 1.54) is 5.57 Å². The Morgan fingerprint density at radius 2 is 2.04 bits per heavy atom. The molecular formula is C22H29N3O3. The predicted octanol–water partition coefficient (Wildman–Crippen LogP) is 3.14. The second-order valence-electron chi connectivity index (χ2n) is 8.35. The molecule has 0 radical (unpaired) electrons. The molecule has 1 amide bonds. The van der Waals surface area contributed by atoms with Crippen LogP contribution >= 0.6 is 0 Å². The molecule has 0 bridgehead atoms. The number of carbonyl (C=O) groups excluding carboxylic acids is 1. The first-order valence-corrected chi connectivity index (χ1v) is 9.66. The Labute approximate surface area is 165 Å². The number of amides is 1. The maximum atomic E-state index is 13.3. The fourth-order valence-electron chi connectivity index (χ4n) is 3.88. The average Bonchev–Trinajstić information content (AvgIpc) is 3.17. The number of carbonyl (C=O) groups is 1. The highest BCUT2D eigenvalue weighted by molar-refractivity contribution is 5.84. The number of ether oxygens (including phenoxy) is 1. The van der Waals surface area contributed by atoms with Gasteiger partial charge in [-0.05, 0) is 37.3 Å². The van der Waals surface area contributed by atoms with Crippen molar-refractivity contribution in [1.29, 1.82) is 0 Å². The minimum Gasteiger partial charge on any atom is -0.383 e. The summed E-state index contributed by atoms with van der Waals surface area (Å²) in [6, 6.07) is 7.22. The number of rotatable bonds is 7. The second-order valence-corrected chi connectivity index (χ2v) is 8.35. The molecule has 0 saturated heterocycles. The third kappa shape index (κ3) is 4.02. The van der Waals surface area contributed by atoms with Crippen LogP contribution in [0.25, 0.3) is 10.9 Å². The van der Waals surface area contributed by atoms with Gasteiger partial charge in [-0.1, -0.05) is 37.6 Å². The van der Waals surface area contributed by atoms with E-state index < -0.39 is 0 Å². The van der Waals surface area contributed by atoms with Crippen molar-refractivity contribution in [3.05, 3.63) is 52.1 Å².